The number of aldehydes is 1. The molecule has 0 bridgehead atoms. The van der Waals surface area contributed by atoms with E-state index < -0.39 is 0 Å². The Morgan fingerprint density at radius 2 is 1.85 bits per heavy atom. The first-order valence-corrected chi connectivity index (χ1v) is 14.4. The Labute approximate surface area is 241 Å². The molecule has 1 atom stereocenters. The minimum Gasteiger partial charge on any atom is -0.474 e. The Morgan fingerprint density at radius 1 is 1.05 bits per heavy atom. The van der Waals surface area contributed by atoms with Gasteiger partial charge in [0.15, 0.2) is 0 Å². The molecule has 3 aromatic heterocycles. The second-order valence-electron chi connectivity index (χ2n) is 11.4. The van der Waals surface area contributed by atoms with Crippen molar-refractivity contribution >= 4 is 28.1 Å². The number of hydrogen-bond acceptors (Lipinski definition) is 8. The molecule has 1 aromatic carbocycles. The van der Waals surface area contributed by atoms with Crippen LogP contribution in [0.1, 0.15) is 26.2 Å². The fourth-order valence-corrected chi connectivity index (χ4v) is 6.02. The van der Waals surface area contributed by atoms with Gasteiger partial charge in [0, 0.05) is 91.8 Å². The van der Waals surface area contributed by atoms with Crippen molar-refractivity contribution < 1.29 is 19.0 Å². The summed E-state index contributed by atoms with van der Waals surface area (Å²) < 4.78 is 18.5. The number of likely N-dealkylation sites (tertiary alicyclic amines) is 1. The zero-order chi connectivity index (χ0) is 28.8. The molecule has 4 heterocycles. The van der Waals surface area contributed by atoms with Crippen molar-refractivity contribution in [2.75, 3.05) is 46.5 Å². The van der Waals surface area contributed by atoms with Crippen LogP contribution in [-0.2, 0) is 21.3 Å². The number of aromatic nitrogens is 3. The molecular weight excluding hydrogens is 518 g/mol. The van der Waals surface area contributed by atoms with Crippen molar-refractivity contribution in [1.82, 2.24) is 19.4 Å². The maximum absolute atomic E-state index is 9.82. The number of rotatable bonds is 11. The van der Waals surface area contributed by atoms with Crippen LogP contribution in [0.5, 0.6) is 5.88 Å². The van der Waals surface area contributed by atoms with Gasteiger partial charge in [0.2, 0.25) is 5.88 Å². The molecule has 6 rings (SSSR count). The lowest BCUT2D eigenvalue weighted by Crippen LogP contribution is -2.63. The number of aryl methyl sites for hydroxylation is 1. The van der Waals surface area contributed by atoms with Gasteiger partial charge in [-0.15, -0.1) is 0 Å². The van der Waals surface area contributed by atoms with E-state index in [1.807, 2.05) is 31.6 Å². The third kappa shape index (κ3) is 6.76. The molecule has 0 amide bonds. The number of nitrogens with two attached hydrogens (primary N) is 1. The van der Waals surface area contributed by atoms with Gasteiger partial charge in [-0.25, -0.2) is 4.98 Å². The molecule has 2 N–H and O–H groups in total. The van der Waals surface area contributed by atoms with E-state index in [1.165, 1.54) is 34.9 Å². The molecule has 41 heavy (non-hydrogen) atoms. The Bertz CT molecular complexity index is 1440. The molecule has 1 spiro atoms. The summed E-state index contributed by atoms with van der Waals surface area (Å²) in [5.74, 6) is 0.734. The summed E-state index contributed by atoms with van der Waals surface area (Å²) in [7, 11) is 4.29. The minimum absolute atomic E-state index is 0.107. The highest BCUT2D eigenvalue weighted by atomic mass is 16.5. The van der Waals surface area contributed by atoms with Crippen molar-refractivity contribution in [3.63, 3.8) is 0 Å². The molecule has 218 valence electrons. The predicted octanol–water partition coefficient (Wildman–Crippen LogP) is 4.22. The molecule has 2 fully saturated rings. The Kier molecular flexibility index (Phi) is 9.29. The topological polar surface area (TPSA) is 105 Å². The fourth-order valence-electron chi connectivity index (χ4n) is 6.02. The number of benzene rings is 1. The molecule has 2 aliphatic rings. The third-order valence-electron chi connectivity index (χ3n) is 8.05. The van der Waals surface area contributed by atoms with Crippen LogP contribution in [0.4, 0.5) is 0 Å². The van der Waals surface area contributed by atoms with Crippen molar-refractivity contribution in [3.05, 3.63) is 55.0 Å². The summed E-state index contributed by atoms with van der Waals surface area (Å²) in [5, 5.41) is 2.42. The van der Waals surface area contributed by atoms with E-state index in [0.717, 1.165) is 42.6 Å². The Balaban J connectivity index is 0.000000241. The number of carbonyl (C=O) groups excluding carboxylic acids is 1. The van der Waals surface area contributed by atoms with Gasteiger partial charge < -0.3 is 34.2 Å². The second kappa shape index (κ2) is 13.1. The van der Waals surface area contributed by atoms with Gasteiger partial charge in [0.1, 0.15) is 19.0 Å². The van der Waals surface area contributed by atoms with Crippen molar-refractivity contribution in [2.24, 2.45) is 18.2 Å². The molecule has 1 saturated heterocycles. The number of carbonyl (C=O) groups is 1. The van der Waals surface area contributed by atoms with Crippen molar-refractivity contribution in [3.8, 4) is 17.0 Å². The SMILES string of the molecule is CC(CN)OCCCOCC=O.CN1CC2(CC(Oc3ccc(-c4ccc5c6cnccc6n(C)c5c4)cn3)C2)C1. The Morgan fingerprint density at radius 3 is 2.56 bits per heavy atom. The third-order valence-corrected chi connectivity index (χ3v) is 8.05. The molecular formula is C32H41N5O4. The van der Waals surface area contributed by atoms with E-state index >= 15 is 0 Å². The van der Waals surface area contributed by atoms with E-state index in [2.05, 4.69) is 63.9 Å². The first-order chi connectivity index (χ1) is 19.9. The average molecular weight is 560 g/mol. The number of nitrogens with zero attached hydrogens (tertiary/aromatic N) is 4. The van der Waals surface area contributed by atoms with Crippen LogP contribution in [0.25, 0.3) is 32.9 Å². The van der Waals surface area contributed by atoms with Crippen molar-refractivity contribution in [1.29, 1.82) is 0 Å². The molecule has 1 saturated carbocycles. The van der Waals surface area contributed by atoms with E-state index in [0.29, 0.717) is 31.3 Å². The van der Waals surface area contributed by atoms with Crippen LogP contribution in [0.15, 0.2) is 55.0 Å². The van der Waals surface area contributed by atoms with Crippen LogP contribution in [0.2, 0.25) is 0 Å². The summed E-state index contributed by atoms with van der Waals surface area (Å²) in [6.07, 6.45) is 10.0. The number of fused-ring (bicyclic) bond motifs is 3. The van der Waals surface area contributed by atoms with Gasteiger partial charge in [-0.1, -0.05) is 12.1 Å². The van der Waals surface area contributed by atoms with Crippen LogP contribution < -0.4 is 10.5 Å². The monoisotopic (exact) mass is 559 g/mol. The molecule has 4 aromatic rings. The van der Waals surface area contributed by atoms with Gasteiger partial charge >= 0.3 is 0 Å². The minimum atomic E-state index is 0.107. The predicted molar refractivity (Wildman–Crippen MR) is 161 cm³/mol. The zero-order valence-corrected chi connectivity index (χ0v) is 24.3. The van der Waals surface area contributed by atoms with Crippen LogP contribution in [-0.4, -0.2) is 84.4 Å². The number of pyridine rings is 2. The van der Waals surface area contributed by atoms with Gasteiger partial charge in [0.25, 0.3) is 0 Å². The summed E-state index contributed by atoms with van der Waals surface area (Å²) >= 11 is 0. The molecule has 1 aliphatic heterocycles. The smallest absolute Gasteiger partial charge is 0.213 e. The highest BCUT2D eigenvalue weighted by Crippen LogP contribution is 2.48. The van der Waals surface area contributed by atoms with Crippen molar-refractivity contribution in [2.45, 2.75) is 38.4 Å². The van der Waals surface area contributed by atoms with E-state index in [1.54, 1.807) is 0 Å². The molecule has 1 aliphatic carbocycles. The fraction of sp³-hybridized carbons (Fsp3) is 0.469. The van der Waals surface area contributed by atoms with Gasteiger partial charge in [0.05, 0.1) is 11.6 Å². The highest BCUT2D eigenvalue weighted by molar-refractivity contribution is 6.08. The summed E-state index contributed by atoms with van der Waals surface area (Å²) in [6, 6.07) is 12.8. The largest absolute Gasteiger partial charge is 0.474 e. The van der Waals surface area contributed by atoms with E-state index in [9.17, 15) is 4.79 Å². The summed E-state index contributed by atoms with van der Waals surface area (Å²) in [4.78, 5) is 21.1. The maximum atomic E-state index is 9.82. The van der Waals surface area contributed by atoms with Gasteiger partial charge in [-0.05, 0) is 57.0 Å². The normalized spacial score (nSPS) is 17.1. The highest BCUT2D eigenvalue weighted by Gasteiger charge is 2.52. The number of ether oxygens (including phenoxy) is 3. The van der Waals surface area contributed by atoms with Crippen LogP contribution in [0.3, 0.4) is 0 Å². The molecule has 0 radical (unpaired) electrons. The lowest BCUT2D eigenvalue weighted by molar-refractivity contribution is -0.112. The first kappa shape index (κ1) is 29.1. The van der Waals surface area contributed by atoms with Gasteiger partial charge in [-0.2, -0.15) is 0 Å². The quantitative estimate of drug-likeness (QED) is 0.215. The van der Waals surface area contributed by atoms with Crippen LogP contribution in [0, 0.1) is 5.41 Å². The average Bonchev–Trinajstić information content (AvgIpc) is 3.25. The zero-order valence-electron chi connectivity index (χ0n) is 24.3. The van der Waals surface area contributed by atoms with Gasteiger partial charge in [-0.3, -0.25) is 4.98 Å². The summed E-state index contributed by atoms with van der Waals surface area (Å²) in [6.45, 7) is 6.26. The van der Waals surface area contributed by atoms with E-state index in [4.69, 9.17) is 19.9 Å². The maximum Gasteiger partial charge on any atom is 0.213 e. The standard InChI is InChI=1S/C24H24N4O.C8H17NO3/c1-27-14-24(15-27)10-18(11-24)29-23-6-4-17(12-26-23)16-3-5-19-20-13-25-8-7-21(20)28(2)22(19)9-16;1-8(7-9)12-5-2-4-11-6-3-10/h3-9,12-13,18H,10-11,14-15H2,1-2H3;3,8H,2,4-7,9H2,1H3. The number of hydrogen-bond donors (Lipinski definition) is 1. The lowest BCUT2D eigenvalue weighted by atomic mass is 9.62. The van der Waals surface area contributed by atoms with Crippen LogP contribution >= 0.6 is 0 Å². The molecule has 1 unspecified atom stereocenters. The second-order valence-corrected chi connectivity index (χ2v) is 11.4. The van der Waals surface area contributed by atoms with E-state index in [-0.39, 0.29) is 12.7 Å². The lowest BCUT2D eigenvalue weighted by Gasteiger charge is -2.57. The molecule has 9 heteroatoms. The molecule has 9 nitrogen and oxygen atoms in total. The first-order valence-electron chi connectivity index (χ1n) is 14.4. The Hall–Kier alpha value is -3.37. The summed E-state index contributed by atoms with van der Waals surface area (Å²) in [5.41, 5.74) is 10.5.